The van der Waals surface area contributed by atoms with Crippen molar-refractivity contribution in [1.82, 2.24) is 0 Å². The number of hydrogen-bond donors (Lipinski definition) is 1. The van der Waals surface area contributed by atoms with Gasteiger partial charge in [0.2, 0.25) is 11.8 Å². The maximum absolute atomic E-state index is 11.9. The van der Waals surface area contributed by atoms with Gasteiger partial charge in [0.15, 0.2) is 0 Å². The average Bonchev–Trinajstić information content (AvgIpc) is 3.02. The topological polar surface area (TPSA) is 49.4 Å². The molecule has 0 aromatic heterocycles. The zero-order valence-corrected chi connectivity index (χ0v) is 13.7. The largest absolute Gasteiger partial charge is 0.323 e. The molecule has 2 amide bonds. The SMILES string of the molecule is Cc1ccc(NC(=O)/C=C/c2ccc(N3CCCC3=O)cc2)cc1. The van der Waals surface area contributed by atoms with E-state index in [2.05, 4.69) is 5.32 Å². The lowest BCUT2D eigenvalue weighted by molar-refractivity contribution is -0.117. The summed E-state index contributed by atoms with van der Waals surface area (Å²) >= 11 is 0. The summed E-state index contributed by atoms with van der Waals surface area (Å²) in [5, 5.41) is 2.82. The van der Waals surface area contributed by atoms with Gasteiger partial charge in [0.1, 0.15) is 0 Å². The number of anilines is 2. The van der Waals surface area contributed by atoms with Crippen LogP contribution in [0.1, 0.15) is 24.0 Å². The Morgan fingerprint density at radius 3 is 2.42 bits per heavy atom. The fourth-order valence-corrected chi connectivity index (χ4v) is 2.68. The molecule has 24 heavy (non-hydrogen) atoms. The van der Waals surface area contributed by atoms with Gasteiger partial charge in [-0.3, -0.25) is 9.59 Å². The predicted octanol–water partition coefficient (Wildman–Crippen LogP) is 3.77. The minimum Gasteiger partial charge on any atom is -0.323 e. The molecule has 0 atom stereocenters. The fourth-order valence-electron chi connectivity index (χ4n) is 2.68. The maximum Gasteiger partial charge on any atom is 0.248 e. The highest BCUT2D eigenvalue weighted by molar-refractivity contribution is 6.02. The second kappa shape index (κ2) is 7.13. The Morgan fingerprint density at radius 1 is 1.08 bits per heavy atom. The molecule has 0 spiro atoms. The first-order chi connectivity index (χ1) is 11.6. The summed E-state index contributed by atoms with van der Waals surface area (Å²) in [4.78, 5) is 25.5. The van der Waals surface area contributed by atoms with Crippen LogP contribution in [-0.4, -0.2) is 18.4 Å². The lowest BCUT2D eigenvalue weighted by Crippen LogP contribution is -2.23. The molecule has 1 fully saturated rings. The number of carbonyl (C=O) groups excluding carboxylic acids is 2. The smallest absolute Gasteiger partial charge is 0.248 e. The van der Waals surface area contributed by atoms with Crippen molar-refractivity contribution in [1.29, 1.82) is 0 Å². The van der Waals surface area contributed by atoms with Gasteiger partial charge in [0.05, 0.1) is 0 Å². The minimum atomic E-state index is -0.169. The van der Waals surface area contributed by atoms with Crippen molar-refractivity contribution in [3.05, 3.63) is 65.7 Å². The number of nitrogens with zero attached hydrogens (tertiary/aromatic N) is 1. The Hall–Kier alpha value is -2.88. The van der Waals surface area contributed by atoms with Crippen LogP contribution in [0, 0.1) is 6.92 Å². The van der Waals surface area contributed by atoms with Gasteiger partial charge >= 0.3 is 0 Å². The Bertz CT molecular complexity index is 761. The second-order valence-electron chi connectivity index (χ2n) is 5.93. The number of rotatable bonds is 4. The zero-order chi connectivity index (χ0) is 16.9. The minimum absolute atomic E-state index is 0.169. The summed E-state index contributed by atoms with van der Waals surface area (Å²) in [7, 11) is 0. The number of amides is 2. The first-order valence-corrected chi connectivity index (χ1v) is 8.08. The van der Waals surface area contributed by atoms with Crippen molar-refractivity contribution in [3.8, 4) is 0 Å². The standard InChI is InChI=1S/C20H20N2O2/c1-15-4-9-17(10-5-15)21-19(23)13-8-16-6-11-18(12-7-16)22-14-2-3-20(22)24/h4-13H,2-3,14H2,1H3,(H,21,23)/b13-8+. The van der Waals surface area contributed by atoms with Gasteiger partial charge < -0.3 is 10.2 Å². The molecule has 1 saturated heterocycles. The van der Waals surface area contributed by atoms with E-state index >= 15 is 0 Å². The molecular weight excluding hydrogens is 300 g/mol. The maximum atomic E-state index is 11.9. The molecule has 4 nitrogen and oxygen atoms in total. The van der Waals surface area contributed by atoms with E-state index < -0.39 is 0 Å². The van der Waals surface area contributed by atoms with E-state index in [0.717, 1.165) is 35.5 Å². The molecule has 122 valence electrons. The Balaban J connectivity index is 1.60. The Labute approximate surface area is 141 Å². The fraction of sp³-hybridized carbons (Fsp3) is 0.200. The number of benzene rings is 2. The molecule has 0 unspecified atom stereocenters. The summed E-state index contributed by atoms with van der Waals surface area (Å²) in [6.07, 6.45) is 4.81. The van der Waals surface area contributed by atoms with Crippen molar-refractivity contribution in [2.45, 2.75) is 19.8 Å². The number of hydrogen-bond acceptors (Lipinski definition) is 2. The molecule has 4 heteroatoms. The van der Waals surface area contributed by atoms with Gasteiger partial charge in [-0.05, 0) is 49.2 Å². The lowest BCUT2D eigenvalue weighted by Gasteiger charge is -2.15. The molecular formula is C20H20N2O2. The first kappa shape index (κ1) is 16.0. The molecule has 0 aliphatic carbocycles. The van der Waals surface area contributed by atoms with Crippen LogP contribution < -0.4 is 10.2 Å². The number of aryl methyl sites for hydroxylation is 1. The first-order valence-electron chi connectivity index (χ1n) is 8.08. The van der Waals surface area contributed by atoms with Crippen LogP contribution in [0.4, 0.5) is 11.4 Å². The summed E-state index contributed by atoms with van der Waals surface area (Å²) in [5.41, 5.74) is 3.77. The quantitative estimate of drug-likeness (QED) is 0.872. The second-order valence-corrected chi connectivity index (χ2v) is 5.93. The summed E-state index contributed by atoms with van der Waals surface area (Å²) in [5.74, 6) is 0.00779. The van der Waals surface area contributed by atoms with Crippen LogP contribution in [0.3, 0.4) is 0 Å². The number of carbonyl (C=O) groups is 2. The van der Waals surface area contributed by atoms with Crippen molar-refractivity contribution in [2.24, 2.45) is 0 Å². The van der Waals surface area contributed by atoms with Crippen molar-refractivity contribution < 1.29 is 9.59 Å². The average molecular weight is 320 g/mol. The molecule has 1 N–H and O–H groups in total. The van der Waals surface area contributed by atoms with E-state index in [0.29, 0.717) is 6.42 Å². The molecule has 3 rings (SSSR count). The van der Waals surface area contributed by atoms with Crippen LogP contribution >= 0.6 is 0 Å². The van der Waals surface area contributed by atoms with Gasteiger partial charge in [0, 0.05) is 30.4 Å². The van der Waals surface area contributed by atoms with E-state index in [-0.39, 0.29) is 11.8 Å². The third-order valence-electron chi connectivity index (χ3n) is 4.02. The normalized spacial score (nSPS) is 14.4. The lowest BCUT2D eigenvalue weighted by atomic mass is 10.2. The van der Waals surface area contributed by atoms with E-state index in [1.165, 1.54) is 6.08 Å². The van der Waals surface area contributed by atoms with Gasteiger partial charge in [-0.1, -0.05) is 29.8 Å². The van der Waals surface area contributed by atoms with E-state index in [9.17, 15) is 9.59 Å². The summed E-state index contributed by atoms with van der Waals surface area (Å²) in [6, 6.07) is 15.3. The van der Waals surface area contributed by atoms with E-state index in [4.69, 9.17) is 0 Å². The van der Waals surface area contributed by atoms with Crippen LogP contribution in [0.15, 0.2) is 54.6 Å². The van der Waals surface area contributed by atoms with Gasteiger partial charge in [0.25, 0.3) is 0 Å². The van der Waals surface area contributed by atoms with E-state index in [1.807, 2.05) is 55.5 Å². The van der Waals surface area contributed by atoms with Gasteiger partial charge in [-0.15, -0.1) is 0 Å². The monoisotopic (exact) mass is 320 g/mol. The predicted molar refractivity (Wildman–Crippen MR) is 96.9 cm³/mol. The molecule has 1 heterocycles. The van der Waals surface area contributed by atoms with Gasteiger partial charge in [-0.25, -0.2) is 0 Å². The van der Waals surface area contributed by atoms with Crippen LogP contribution in [0.25, 0.3) is 6.08 Å². The third-order valence-corrected chi connectivity index (χ3v) is 4.02. The van der Waals surface area contributed by atoms with Crippen molar-refractivity contribution in [2.75, 3.05) is 16.8 Å². The van der Waals surface area contributed by atoms with Crippen LogP contribution in [0.2, 0.25) is 0 Å². The molecule has 0 radical (unpaired) electrons. The molecule has 0 saturated carbocycles. The molecule has 2 aromatic carbocycles. The third kappa shape index (κ3) is 3.90. The van der Waals surface area contributed by atoms with Crippen molar-refractivity contribution in [3.63, 3.8) is 0 Å². The Kier molecular flexibility index (Phi) is 4.75. The van der Waals surface area contributed by atoms with Gasteiger partial charge in [-0.2, -0.15) is 0 Å². The summed E-state index contributed by atoms with van der Waals surface area (Å²) in [6.45, 7) is 2.79. The summed E-state index contributed by atoms with van der Waals surface area (Å²) < 4.78 is 0. The van der Waals surface area contributed by atoms with Crippen LogP contribution in [0.5, 0.6) is 0 Å². The highest BCUT2D eigenvalue weighted by Gasteiger charge is 2.21. The Morgan fingerprint density at radius 2 is 1.79 bits per heavy atom. The highest BCUT2D eigenvalue weighted by atomic mass is 16.2. The van der Waals surface area contributed by atoms with Crippen molar-refractivity contribution >= 4 is 29.3 Å². The van der Waals surface area contributed by atoms with E-state index in [1.54, 1.807) is 11.0 Å². The molecule has 0 bridgehead atoms. The number of nitrogens with one attached hydrogen (secondary N) is 1. The van der Waals surface area contributed by atoms with Crippen LogP contribution in [-0.2, 0) is 9.59 Å². The molecule has 1 aliphatic heterocycles. The molecule has 1 aliphatic rings. The zero-order valence-electron chi connectivity index (χ0n) is 13.7. The highest BCUT2D eigenvalue weighted by Crippen LogP contribution is 2.21. The molecule has 2 aromatic rings.